The van der Waals surface area contributed by atoms with Crippen LogP contribution < -0.4 is 10.1 Å². The number of halogens is 3. The lowest BCUT2D eigenvalue weighted by Crippen LogP contribution is -2.29. The molecule has 0 aliphatic heterocycles. The Bertz CT molecular complexity index is 404. The summed E-state index contributed by atoms with van der Waals surface area (Å²) in [6.07, 6.45) is -4.90. The third-order valence-corrected chi connectivity index (χ3v) is 2.07. The van der Waals surface area contributed by atoms with E-state index in [-0.39, 0.29) is 5.69 Å². The van der Waals surface area contributed by atoms with Crippen molar-refractivity contribution in [1.82, 2.24) is 0 Å². The van der Waals surface area contributed by atoms with Crippen molar-refractivity contribution >= 4 is 11.6 Å². The van der Waals surface area contributed by atoms with E-state index < -0.39 is 12.1 Å². The van der Waals surface area contributed by atoms with Crippen LogP contribution in [-0.4, -0.2) is 31.9 Å². The van der Waals surface area contributed by atoms with Gasteiger partial charge in [-0.2, -0.15) is 13.2 Å². The number of ether oxygens (including phenoxy) is 2. The average Bonchev–Trinajstić information content (AvgIpc) is 2.35. The summed E-state index contributed by atoms with van der Waals surface area (Å²) in [7, 11) is 0. The van der Waals surface area contributed by atoms with Gasteiger partial charge < -0.3 is 14.8 Å². The highest BCUT2D eigenvalue weighted by molar-refractivity contribution is 5.94. The molecule has 0 radical (unpaired) electrons. The molecule has 7 heteroatoms. The van der Waals surface area contributed by atoms with Crippen molar-refractivity contribution in [3.05, 3.63) is 24.3 Å². The Labute approximate surface area is 108 Å². The molecule has 0 aromatic heterocycles. The molecule has 0 heterocycles. The number of alkyl halides is 3. The number of anilines is 1. The molecular formula is C12H14F3NO3. The molecule has 0 spiro atoms. The van der Waals surface area contributed by atoms with Gasteiger partial charge in [0.1, 0.15) is 12.4 Å². The molecule has 0 aliphatic rings. The number of benzene rings is 1. The molecule has 19 heavy (non-hydrogen) atoms. The zero-order chi connectivity index (χ0) is 14.3. The van der Waals surface area contributed by atoms with Gasteiger partial charge in [0.2, 0.25) is 0 Å². The summed E-state index contributed by atoms with van der Waals surface area (Å²) in [5.41, 5.74) is 0.0551. The summed E-state index contributed by atoms with van der Waals surface area (Å²) in [4.78, 5) is 10.7. The summed E-state index contributed by atoms with van der Waals surface area (Å²) in [6.45, 7) is 3.23. The van der Waals surface area contributed by atoms with E-state index in [0.29, 0.717) is 25.6 Å². The zero-order valence-corrected chi connectivity index (χ0v) is 10.3. The number of carbonyl (C=O) groups excluding carboxylic acids is 1. The fourth-order valence-corrected chi connectivity index (χ4v) is 1.20. The monoisotopic (exact) mass is 277 g/mol. The molecule has 0 fully saturated rings. The van der Waals surface area contributed by atoms with Crippen LogP contribution in [0.15, 0.2) is 24.3 Å². The average molecular weight is 277 g/mol. The Hall–Kier alpha value is -1.76. The highest BCUT2D eigenvalue weighted by atomic mass is 19.4. The van der Waals surface area contributed by atoms with Gasteiger partial charge in [0.15, 0.2) is 0 Å². The van der Waals surface area contributed by atoms with Gasteiger partial charge in [0, 0.05) is 12.3 Å². The van der Waals surface area contributed by atoms with E-state index in [4.69, 9.17) is 9.47 Å². The summed E-state index contributed by atoms with van der Waals surface area (Å²) < 4.78 is 46.3. The molecule has 1 aromatic carbocycles. The van der Waals surface area contributed by atoms with Gasteiger partial charge in [-0.25, -0.2) is 0 Å². The Morgan fingerprint density at radius 1 is 1.21 bits per heavy atom. The van der Waals surface area contributed by atoms with Crippen molar-refractivity contribution in [2.24, 2.45) is 0 Å². The largest absolute Gasteiger partial charge is 0.491 e. The number of nitrogens with one attached hydrogen (secondary N) is 1. The van der Waals surface area contributed by atoms with E-state index in [0.717, 1.165) is 0 Å². The molecule has 0 unspecified atom stereocenters. The number of hydrogen-bond donors (Lipinski definition) is 1. The van der Waals surface area contributed by atoms with Crippen LogP contribution in [0.25, 0.3) is 0 Å². The number of rotatable bonds is 6. The minimum atomic E-state index is -4.90. The van der Waals surface area contributed by atoms with Gasteiger partial charge in [0.05, 0.1) is 6.61 Å². The molecule has 106 valence electrons. The first-order chi connectivity index (χ1) is 8.93. The lowest BCUT2D eigenvalue weighted by Gasteiger charge is -2.09. The maximum atomic E-state index is 12.0. The molecule has 0 atom stereocenters. The minimum Gasteiger partial charge on any atom is -0.491 e. The first-order valence-corrected chi connectivity index (χ1v) is 5.62. The normalized spacial score (nSPS) is 11.2. The van der Waals surface area contributed by atoms with Gasteiger partial charge in [-0.1, -0.05) is 0 Å². The summed E-state index contributed by atoms with van der Waals surface area (Å²) in [6, 6.07) is 5.61. The Morgan fingerprint density at radius 2 is 1.84 bits per heavy atom. The fourth-order valence-electron chi connectivity index (χ4n) is 1.20. The summed E-state index contributed by atoms with van der Waals surface area (Å²) >= 11 is 0. The molecule has 1 amide bonds. The highest BCUT2D eigenvalue weighted by Crippen LogP contribution is 2.20. The topological polar surface area (TPSA) is 47.6 Å². The SMILES string of the molecule is CCOCCOc1ccc(NC(=O)C(F)(F)F)cc1. The quantitative estimate of drug-likeness (QED) is 0.813. The molecule has 0 aliphatic carbocycles. The van der Waals surface area contributed by atoms with Crippen LogP contribution in [-0.2, 0) is 9.53 Å². The summed E-state index contributed by atoms with van der Waals surface area (Å²) in [5, 5.41) is 1.74. The van der Waals surface area contributed by atoms with Crippen molar-refractivity contribution in [2.45, 2.75) is 13.1 Å². The van der Waals surface area contributed by atoms with Crippen LogP contribution in [0.3, 0.4) is 0 Å². The predicted molar refractivity (Wildman–Crippen MR) is 63.1 cm³/mol. The summed E-state index contributed by atoms with van der Waals surface area (Å²) in [5.74, 6) is -1.51. The van der Waals surface area contributed by atoms with Gasteiger partial charge in [-0.15, -0.1) is 0 Å². The van der Waals surface area contributed by atoms with Crippen LogP contribution >= 0.6 is 0 Å². The van der Waals surface area contributed by atoms with E-state index in [1.807, 2.05) is 6.92 Å². The van der Waals surface area contributed by atoms with Crippen LogP contribution in [0.2, 0.25) is 0 Å². The molecule has 4 nitrogen and oxygen atoms in total. The predicted octanol–water partition coefficient (Wildman–Crippen LogP) is 2.60. The van der Waals surface area contributed by atoms with E-state index in [1.165, 1.54) is 24.3 Å². The van der Waals surface area contributed by atoms with Gasteiger partial charge in [-0.05, 0) is 31.2 Å². The third kappa shape index (κ3) is 5.60. The fraction of sp³-hybridized carbons (Fsp3) is 0.417. The molecular weight excluding hydrogens is 263 g/mol. The second kappa shape index (κ2) is 6.98. The molecule has 0 saturated heterocycles. The zero-order valence-electron chi connectivity index (χ0n) is 10.3. The van der Waals surface area contributed by atoms with Crippen LogP contribution in [0, 0.1) is 0 Å². The molecule has 1 N–H and O–H groups in total. The first-order valence-electron chi connectivity index (χ1n) is 5.62. The van der Waals surface area contributed by atoms with Crippen molar-refractivity contribution in [1.29, 1.82) is 0 Å². The maximum absolute atomic E-state index is 12.0. The number of hydrogen-bond acceptors (Lipinski definition) is 3. The van der Waals surface area contributed by atoms with E-state index in [1.54, 1.807) is 5.32 Å². The van der Waals surface area contributed by atoms with Crippen molar-refractivity contribution in [2.75, 3.05) is 25.1 Å². The van der Waals surface area contributed by atoms with Gasteiger partial charge >= 0.3 is 12.1 Å². The van der Waals surface area contributed by atoms with Crippen molar-refractivity contribution in [3.63, 3.8) is 0 Å². The molecule has 1 aromatic rings. The Balaban J connectivity index is 2.45. The number of carbonyl (C=O) groups is 1. The van der Waals surface area contributed by atoms with Gasteiger partial charge in [-0.3, -0.25) is 4.79 Å². The lowest BCUT2D eigenvalue weighted by molar-refractivity contribution is -0.167. The first kappa shape index (κ1) is 15.3. The van der Waals surface area contributed by atoms with Crippen molar-refractivity contribution in [3.8, 4) is 5.75 Å². The lowest BCUT2D eigenvalue weighted by atomic mass is 10.3. The second-order valence-electron chi connectivity index (χ2n) is 3.52. The molecule has 0 saturated carbocycles. The van der Waals surface area contributed by atoms with Crippen LogP contribution in [0.4, 0.5) is 18.9 Å². The molecule has 1 rings (SSSR count). The smallest absolute Gasteiger partial charge is 0.471 e. The molecule has 0 bridgehead atoms. The third-order valence-electron chi connectivity index (χ3n) is 2.07. The van der Waals surface area contributed by atoms with Gasteiger partial charge in [0.25, 0.3) is 0 Å². The van der Waals surface area contributed by atoms with Crippen LogP contribution in [0.1, 0.15) is 6.92 Å². The Morgan fingerprint density at radius 3 is 2.37 bits per heavy atom. The Kier molecular flexibility index (Phi) is 5.62. The van der Waals surface area contributed by atoms with E-state index in [9.17, 15) is 18.0 Å². The second-order valence-corrected chi connectivity index (χ2v) is 3.52. The standard InChI is InChI=1S/C12H14F3NO3/c1-2-18-7-8-19-10-5-3-9(4-6-10)16-11(17)12(13,14)15/h3-6H,2,7-8H2,1H3,(H,16,17). The van der Waals surface area contributed by atoms with E-state index >= 15 is 0 Å². The minimum absolute atomic E-state index is 0.0551. The maximum Gasteiger partial charge on any atom is 0.471 e. The van der Waals surface area contributed by atoms with E-state index in [2.05, 4.69) is 0 Å². The highest BCUT2D eigenvalue weighted by Gasteiger charge is 2.38. The van der Waals surface area contributed by atoms with Crippen LogP contribution in [0.5, 0.6) is 5.75 Å². The van der Waals surface area contributed by atoms with Crippen molar-refractivity contribution < 1.29 is 27.4 Å². The number of amides is 1.